The number of hydrogen-bond donors (Lipinski definition) is 3. The number of amides is 1. The lowest BCUT2D eigenvalue weighted by Crippen LogP contribution is -2.35. The lowest BCUT2D eigenvalue weighted by atomic mass is 10.1. The SMILES string of the molecule is CCC(CCO)NC(=O)c1cnn2c1[nH]c(=O)c1ccccc12. The van der Waals surface area contributed by atoms with Crippen molar-refractivity contribution in [1.82, 2.24) is 19.9 Å². The third-order valence-electron chi connectivity index (χ3n) is 3.93. The number of nitrogens with one attached hydrogen (secondary N) is 2. The summed E-state index contributed by atoms with van der Waals surface area (Å²) in [5.41, 5.74) is 1.06. The molecule has 1 unspecified atom stereocenters. The Labute approximate surface area is 131 Å². The van der Waals surface area contributed by atoms with Gasteiger partial charge in [0, 0.05) is 12.6 Å². The maximum absolute atomic E-state index is 12.4. The molecule has 3 N–H and O–H groups in total. The number of rotatable bonds is 5. The Morgan fingerprint density at radius 3 is 2.96 bits per heavy atom. The predicted octanol–water partition coefficient (Wildman–Crippen LogP) is 1.07. The van der Waals surface area contributed by atoms with Gasteiger partial charge in [-0.05, 0) is 25.0 Å². The molecule has 0 fully saturated rings. The molecule has 3 rings (SSSR count). The van der Waals surface area contributed by atoms with E-state index >= 15 is 0 Å². The minimum atomic E-state index is -0.314. The van der Waals surface area contributed by atoms with Gasteiger partial charge in [0.15, 0.2) is 0 Å². The average molecular weight is 314 g/mol. The van der Waals surface area contributed by atoms with Crippen molar-refractivity contribution >= 4 is 22.5 Å². The summed E-state index contributed by atoms with van der Waals surface area (Å²) < 4.78 is 1.55. The predicted molar refractivity (Wildman–Crippen MR) is 86.6 cm³/mol. The molecule has 120 valence electrons. The third kappa shape index (κ3) is 2.70. The molecule has 0 radical (unpaired) electrons. The summed E-state index contributed by atoms with van der Waals surface area (Å²) >= 11 is 0. The van der Waals surface area contributed by atoms with E-state index in [9.17, 15) is 9.59 Å². The van der Waals surface area contributed by atoms with Crippen LogP contribution in [0.5, 0.6) is 0 Å². The number of fused-ring (bicyclic) bond motifs is 3. The van der Waals surface area contributed by atoms with Gasteiger partial charge in [0.1, 0.15) is 11.2 Å². The van der Waals surface area contributed by atoms with E-state index in [0.717, 1.165) is 0 Å². The van der Waals surface area contributed by atoms with Crippen LogP contribution in [0.2, 0.25) is 0 Å². The number of aromatic amines is 1. The molecule has 3 aromatic rings. The fraction of sp³-hybridized carbons (Fsp3) is 0.312. The van der Waals surface area contributed by atoms with E-state index in [-0.39, 0.29) is 24.1 Å². The minimum Gasteiger partial charge on any atom is -0.396 e. The van der Waals surface area contributed by atoms with E-state index in [4.69, 9.17) is 5.11 Å². The van der Waals surface area contributed by atoms with Gasteiger partial charge >= 0.3 is 0 Å². The first kappa shape index (κ1) is 15.2. The van der Waals surface area contributed by atoms with Gasteiger partial charge < -0.3 is 15.4 Å². The summed E-state index contributed by atoms with van der Waals surface area (Å²) in [7, 11) is 0. The second-order valence-electron chi connectivity index (χ2n) is 5.38. The molecule has 2 aromatic heterocycles. The van der Waals surface area contributed by atoms with E-state index in [2.05, 4.69) is 15.4 Å². The van der Waals surface area contributed by atoms with E-state index in [1.54, 1.807) is 22.7 Å². The Kier molecular flexibility index (Phi) is 4.12. The summed E-state index contributed by atoms with van der Waals surface area (Å²) in [5, 5.41) is 16.6. The molecule has 0 aliphatic carbocycles. The van der Waals surface area contributed by atoms with Crippen LogP contribution in [-0.4, -0.2) is 38.3 Å². The Morgan fingerprint density at radius 1 is 1.43 bits per heavy atom. The van der Waals surface area contributed by atoms with Crippen LogP contribution in [0.4, 0.5) is 0 Å². The Bertz CT molecular complexity index is 912. The van der Waals surface area contributed by atoms with Crippen LogP contribution in [0.3, 0.4) is 0 Å². The molecular formula is C16H18N4O3. The molecule has 0 spiro atoms. The van der Waals surface area contributed by atoms with Gasteiger partial charge in [-0.3, -0.25) is 9.59 Å². The number of benzene rings is 1. The molecule has 0 saturated carbocycles. The van der Waals surface area contributed by atoms with Gasteiger partial charge in [-0.15, -0.1) is 0 Å². The second-order valence-corrected chi connectivity index (χ2v) is 5.38. The van der Waals surface area contributed by atoms with Gasteiger partial charge in [-0.25, -0.2) is 4.52 Å². The fourth-order valence-corrected chi connectivity index (χ4v) is 2.64. The molecule has 1 aromatic carbocycles. The number of aromatic nitrogens is 3. The molecule has 1 amide bonds. The molecule has 7 nitrogen and oxygen atoms in total. The molecule has 0 bridgehead atoms. The van der Waals surface area contributed by atoms with Crippen LogP contribution < -0.4 is 10.9 Å². The van der Waals surface area contributed by atoms with Crippen molar-refractivity contribution < 1.29 is 9.90 Å². The van der Waals surface area contributed by atoms with Crippen molar-refractivity contribution in [3.63, 3.8) is 0 Å². The van der Waals surface area contributed by atoms with Crippen molar-refractivity contribution in [3.05, 3.63) is 46.4 Å². The standard InChI is InChI=1S/C16H18N4O3/c1-2-10(7-8-21)18-16(23)12-9-17-20-13-6-4-3-5-11(13)15(22)19-14(12)20/h3-6,9-10,21H,2,7-8H2,1H3,(H,18,23)(H,19,22). The smallest absolute Gasteiger partial charge is 0.259 e. The van der Waals surface area contributed by atoms with Gasteiger partial charge in [-0.1, -0.05) is 19.1 Å². The van der Waals surface area contributed by atoms with Crippen LogP contribution in [-0.2, 0) is 0 Å². The molecule has 0 aliphatic heterocycles. The first-order valence-electron chi connectivity index (χ1n) is 7.56. The van der Waals surface area contributed by atoms with Gasteiger partial charge in [-0.2, -0.15) is 5.10 Å². The second kappa shape index (κ2) is 6.21. The Balaban J connectivity index is 2.06. The number of H-pyrrole nitrogens is 1. The van der Waals surface area contributed by atoms with Gasteiger partial charge in [0.2, 0.25) is 0 Å². The summed E-state index contributed by atoms with van der Waals surface area (Å²) in [6.45, 7) is 1.95. The van der Waals surface area contributed by atoms with Crippen molar-refractivity contribution in [2.24, 2.45) is 0 Å². The molecule has 0 aliphatic rings. The maximum atomic E-state index is 12.4. The van der Waals surface area contributed by atoms with Crippen molar-refractivity contribution in [1.29, 1.82) is 0 Å². The van der Waals surface area contributed by atoms with Crippen LogP contribution in [0.1, 0.15) is 30.1 Å². The van der Waals surface area contributed by atoms with Crippen LogP contribution in [0.25, 0.3) is 16.6 Å². The fourth-order valence-electron chi connectivity index (χ4n) is 2.64. The molecule has 2 heterocycles. The van der Waals surface area contributed by atoms with E-state index in [0.29, 0.717) is 35.0 Å². The molecule has 1 atom stereocenters. The zero-order chi connectivity index (χ0) is 16.4. The van der Waals surface area contributed by atoms with Crippen molar-refractivity contribution in [3.8, 4) is 0 Å². The summed E-state index contributed by atoms with van der Waals surface area (Å²) in [4.78, 5) is 27.3. The summed E-state index contributed by atoms with van der Waals surface area (Å²) in [6.07, 6.45) is 2.64. The zero-order valence-corrected chi connectivity index (χ0v) is 12.7. The highest BCUT2D eigenvalue weighted by atomic mass is 16.3. The number of aliphatic hydroxyl groups excluding tert-OH is 1. The Hall–Kier alpha value is -2.67. The number of para-hydroxylation sites is 1. The number of carbonyl (C=O) groups is 1. The zero-order valence-electron chi connectivity index (χ0n) is 12.7. The van der Waals surface area contributed by atoms with Gasteiger partial charge in [0.25, 0.3) is 11.5 Å². The van der Waals surface area contributed by atoms with Gasteiger partial charge in [0.05, 0.1) is 17.1 Å². The third-order valence-corrected chi connectivity index (χ3v) is 3.93. The maximum Gasteiger partial charge on any atom is 0.259 e. The number of carbonyl (C=O) groups excluding carboxylic acids is 1. The normalized spacial score (nSPS) is 12.6. The molecular weight excluding hydrogens is 296 g/mol. The lowest BCUT2D eigenvalue weighted by molar-refractivity contribution is 0.0930. The average Bonchev–Trinajstić information content (AvgIpc) is 2.98. The highest BCUT2D eigenvalue weighted by Crippen LogP contribution is 2.14. The highest BCUT2D eigenvalue weighted by Gasteiger charge is 2.18. The van der Waals surface area contributed by atoms with Crippen molar-refractivity contribution in [2.75, 3.05) is 6.61 Å². The highest BCUT2D eigenvalue weighted by molar-refractivity contribution is 6.00. The van der Waals surface area contributed by atoms with Crippen LogP contribution in [0.15, 0.2) is 35.3 Å². The number of aliphatic hydroxyl groups is 1. The topological polar surface area (TPSA) is 99.5 Å². The van der Waals surface area contributed by atoms with Crippen LogP contribution in [0, 0.1) is 0 Å². The summed E-state index contributed by atoms with van der Waals surface area (Å²) in [5.74, 6) is -0.314. The van der Waals surface area contributed by atoms with Crippen LogP contribution >= 0.6 is 0 Å². The monoisotopic (exact) mass is 314 g/mol. The number of hydrogen-bond acceptors (Lipinski definition) is 4. The minimum absolute atomic E-state index is 0.00895. The Morgan fingerprint density at radius 2 is 2.22 bits per heavy atom. The number of nitrogens with zero attached hydrogens (tertiary/aromatic N) is 2. The first-order valence-corrected chi connectivity index (χ1v) is 7.56. The lowest BCUT2D eigenvalue weighted by Gasteiger charge is -2.15. The van der Waals surface area contributed by atoms with E-state index in [1.165, 1.54) is 6.20 Å². The van der Waals surface area contributed by atoms with E-state index in [1.807, 2.05) is 13.0 Å². The molecule has 0 saturated heterocycles. The first-order chi connectivity index (χ1) is 11.2. The van der Waals surface area contributed by atoms with Crippen molar-refractivity contribution in [2.45, 2.75) is 25.8 Å². The quantitative estimate of drug-likeness (QED) is 0.656. The largest absolute Gasteiger partial charge is 0.396 e. The molecule has 7 heteroatoms. The molecule has 23 heavy (non-hydrogen) atoms. The summed E-state index contributed by atoms with van der Waals surface area (Å²) in [6, 6.07) is 6.98. The van der Waals surface area contributed by atoms with E-state index < -0.39 is 0 Å².